The lowest BCUT2D eigenvalue weighted by Crippen LogP contribution is -2.30. The number of carbonyl (C=O) groups is 1. The molecule has 4 heterocycles. The van der Waals surface area contributed by atoms with Crippen molar-refractivity contribution in [1.82, 2.24) is 15.2 Å². The maximum Gasteiger partial charge on any atom is 0.237 e. The van der Waals surface area contributed by atoms with Gasteiger partial charge in [0.15, 0.2) is 0 Å². The van der Waals surface area contributed by atoms with E-state index >= 15 is 0 Å². The minimum absolute atomic E-state index is 0.0965. The zero-order valence-corrected chi connectivity index (χ0v) is 17.5. The molecular weight excluding hydrogens is 408 g/mol. The predicted octanol–water partition coefficient (Wildman–Crippen LogP) is 4.80. The number of anilines is 1. The second-order valence-corrected chi connectivity index (χ2v) is 9.57. The molecule has 0 saturated carbocycles. The van der Waals surface area contributed by atoms with E-state index in [0.29, 0.717) is 5.75 Å². The van der Waals surface area contributed by atoms with Crippen LogP contribution in [0.25, 0.3) is 20.8 Å². The van der Waals surface area contributed by atoms with Gasteiger partial charge in [-0.2, -0.15) is 0 Å². The average molecular weight is 425 g/mol. The summed E-state index contributed by atoms with van der Waals surface area (Å²) >= 11 is 4.69. The number of aromatic nitrogens is 3. The molecule has 0 atom stereocenters. The Bertz CT molecular complexity index is 1170. The number of nitrogens with zero attached hydrogens (tertiary/aromatic N) is 4. The lowest BCUT2D eigenvalue weighted by molar-refractivity contribution is -0.116. The molecular formula is C20H16N4OS3. The summed E-state index contributed by atoms with van der Waals surface area (Å²) < 4.78 is 1.04. The van der Waals surface area contributed by atoms with Gasteiger partial charge < -0.3 is 4.90 Å². The third kappa shape index (κ3) is 3.11. The number of benzene rings is 1. The van der Waals surface area contributed by atoms with Gasteiger partial charge in [0.2, 0.25) is 5.91 Å². The van der Waals surface area contributed by atoms with Crippen LogP contribution in [-0.4, -0.2) is 33.4 Å². The van der Waals surface area contributed by atoms with Crippen LogP contribution in [0.5, 0.6) is 0 Å². The number of thiazole rings is 1. The number of hydrogen-bond donors (Lipinski definition) is 0. The molecule has 28 heavy (non-hydrogen) atoms. The molecule has 5 rings (SSSR count). The molecule has 1 aromatic carbocycles. The zero-order chi connectivity index (χ0) is 19.1. The molecule has 0 bridgehead atoms. The van der Waals surface area contributed by atoms with Crippen molar-refractivity contribution in [3.8, 4) is 10.6 Å². The fraction of sp³-hybridized carbons (Fsp3) is 0.200. The number of hydrogen-bond acceptors (Lipinski definition) is 7. The SMILES string of the molecule is Cc1nc2c(SCC(=O)N3CCc4ccccc43)nnc(-c3cccs3)c2s1. The van der Waals surface area contributed by atoms with Gasteiger partial charge in [-0.05, 0) is 36.4 Å². The van der Waals surface area contributed by atoms with Crippen LogP contribution in [-0.2, 0) is 11.2 Å². The summed E-state index contributed by atoms with van der Waals surface area (Å²) in [7, 11) is 0. The van der Waals surface area contributed by atoms with Gasteiger partial charge in [0.05, 0.1) is 20.3 Å². The fourth-order valence-corrected chi connectivity index (χ4v) is 5.96. The topological polar surface area (TPSA) is 59.0 Å². The lowest BCUT2D eigenvalue weighted by Gasteiger charge is -2.16. The number of aryl methyl sites for hydroxylation is 1. The number of amides is 1. The van der Waals surface area contributed by atoms with E-state index in [9.17, 15) is 4.79 Å². The van der Waals surface area contributed by atoms with Crippen molar-refractivity contribution in [1.29, 1.82) is 0 Å². The van der Waals surface area contributed by atoms with Crippen molar-refractivity contribution in [2.24, 2.45) is 0 Å². The van der Waals surface area contributed by atoms with Crippen molar-refractivity contribution in [2.45, 2.75) is 18.4 Å². The normalized spacial score (nSPS) is 13.2. The Kier molecular flexibility index (Phi) is 4.62. The van der Waals surface area contributed by atoms with Gasteiger partial charge in [0.1, 0.15) is 16.2 Å². The van der Waals surface area contributed by atoms with Gasteiger partial charge in [-0.3, -0.25) is 4.79 Å². The number of thiophene rings is 1. The molecule has 4 aromatic rings. The number of rotatable bonds is 4. The van der Waals surface area contributed by atoms with Crippen LogP contribution in [0.15, 0.2) is 46.8 Å². The number of thioether (sulfide) groups is 1. The Balaban J connectivity index is 1.41. The molecule has 1 aliphatic heterocycles. The van der Waals surface area contributed by atoms with E-state index in [1.54, 1.807) is 22.7 Å². The van der Waals surface area contributed by atoms with Crippen molar-refractivity contribution in [3.63, 3.8) is 0 Å². The summed E-state index contributed by atoms with van der Waals surface area (Å²) in [6, 6.07) is 12.2. The summed E-state index contributed by atoms with van der Waals surface area (Å²) in [6.45, 7) is 2.73. The van der Waals surface area contributed by atoms with Crippen molar-refractivity contribution >= 4 is 56.2 Å². The Morgan fingerprint density at radius 1 is 1.21 bits per heavy atom. The largest absolute Gasteiger partial charge is 0.311 e. The predicted molar refractivity (Wildman–Crippen MR) is 116 cm³/mol. The molecule has 0 aliphatic carbocycles. The third-order valence-corrected chi connectivity index (χ3v) is 7.46. The Morgan fingerprint density at radius 2 is 2.11 bits per heavy atom. The van der Waals surface area contributed by atoms with E-state index in [-0.39, 0.29) is 5.91 Å². The van der Waals surface area contributed by atoms with Gasteiger partial charge >= 0.3 is 0 Å². The summed E-state index contributed by atoms with van der Waals surface area (Å²) in [4.78, 5) is 20.4. The Hall–Kier alpha value is -2.29. The van der Waals surface area contributed by atoms with Crippen molar-refractivity contribution in [3.05, 3.63) is 52.3 Å². The van der Waals surface area contributed by atoms with Crippen LogP contribution in [0.4, 0.5) is 5.69 Å². The Morgan fingerprint density at radius 3 is 2.96 bits per heavy atom. The highest BCUT2D eigenvalue weighted by molar-refractivity contribution is 8.00. The third-order valence-electron chi connectivity index (χ3n) is 4.67. The van der Waals surface area contributed by atoms with Crippen LogP contribution in [0.1, 0.15) is 10.6 Å². The fourth-order valence-electron chi connectivity index (χ4n) is 3.40. The van der Waals surface area contributed by atoms with E-state index < -0.39 is 0 Å². The standard InChI is InChI=1S/C20H16N4OS3/c1-12-21-18-19(28-12)17(15-7-4-10-26-15)22-23-20(18)27-11-16(25)24-9-8-13-5-2-3-6-14(13)24/h2-7,10H,8-9,11H2,1H3. The van der Waals surface area contributed by atoms with Crippen LogP contribution in [0, 0.1) is 6.92 Å². The number of fused-ring (bicyclic) bond motifs is 2. The molecule has 0 radical (unpaired) electrons. The second kappa shape index (κ2) is 7.27. The minimum atomic E-state index is 0.0965. The maximum atomic E-state index is 12.8. The molecule has 140 valence electrons. The highest BCUT2D eigenvalue weighted by atomic mass is 32.2. The molecule has 5 nitrogen and oxygen atoms in total. The van der Waals surface area contributed by atoms with Gasteiger partial charge in [0.25, 0.3) is 0 Å². The number of carbonyl (C=O) groups excluding carboxylic acids is 1. The molecule has 0 fully saturated rings. The number of para-hydroxylation sites is 1. The molecule has 1 aliphatic rings. The minimum Gasteiger partial charge on any atom is -0.311 e. The maximum absolute atomic E-state index is 12.8. The molecule has 0 spiro atoms. The smallest absolute Gasteiger partial charge is 0.237 e. The summed E-state index contributed by atoms with van der Waals surface area (Å²) in [5, 5.41) is 12.6. The molecule has 3 aromatic heterocycles. The van der Waals surface area contributed by atoms with E-state index in [0.717, 1.165) is 49.5 Å². The summed E-state index contributed by atoms with van der Waals surface area (Å²) in [5.74, 6) is 0.423. The molecule has 0 unspecified atom stereocenters. The quantitative estimate of drug-likeness (QED) is 0.440. The van der Waals surface area contributed by atoms with E-state index in [2.05, 4.69) is 21.2 Å². The van der Waals surface area contributed by atoms with E-state index in [1.165, 1.54) is 17.3 Å². The summed E-state index contributed by atoms with van der Waals surface area (Å²) in [6.07, 6.45) is 0.914. The Labute approximate surface area is 174 Å². The van der Waals surface area contributed by atoms with Crippen LogP contribution >= 0.6 is 34.4 Å². The average Bonchev–Trinajstić information content (AvgIpc) is 3.44. The highest BCUT2D eigenvalue weighted by Crippen LogP contribution is 2.37. The second-order valence-electron chi connectivity index (χ2n) is 6.45. The first kappa shape index (κ1) is 17.8. The van der Waals surface area contributed by atoms with Gasteiger partial charge in [0, 0.05) is 12.2 Å². The van der Waals surface area contributed by atoms with Gasteiger partial charge in [-0.1, -0.05) is 36.0 Å². The first-order valence-corrected chi connectivity index (χ1v) is 11.6. The molecule has 0 N–H and O–H groups in total. The van der Waals surface area contributed by atoms with Crippen molar-refractivity contribution < 1.29 is 4.79 Å². The van der Waals surface area contributed by atoms with Crippen molar-refractivity contribution in [2.75, 3.05) is 17.2 Å². The molecule has 1 amide bonds. The monoisotopic (exact) mass is 424 g/mol. The van der Waals surface area contributed by atoms with Gasteiger partial charge in [-0.15, -0.1) is 32.9 Å². The van der Waals surface area contributed by atoms with E-state index in [4.69, 9.17) is 0 Å². The summed E-state index contributed by atoms with van der Waals surface area (Å²) in [5.41, 5.74) is 3.99. The lowest BCUT2D eigenvalue weighted by atomic mass is 10.2. The molecule has 0 saturated heterocycles. The molecule has 8 heteroatoms. The van der Waals surface area contributed by atoms with Crippen LogP contribution in [0.3, 0.4) is 0 Å². The van der Waals surface area contributed by atoms with E-state index in [1.807, 2.05) is 47.5 Å². The first-order chi connectivity index (χ1) is 13.7. The van der Waals surface area contributed by atoms with Crippen LogP contribution < -0.4 is 4.90 Å². The van der Waals surface area contributed by atoms with Crippen LogP contribution in [0.2, 0.25) is 0 Å². The zero-order valence-electron chi connectivity index (χ0n) is 15.1. The first-order valence-electron chi connectivity index (χ1n) is 8.89. The van der Waals surface area contributed by atoms with Gasteiger partial charge in [-0.25, -0.2) is 4.98 Å². The highest BCUT2D eigenvalue weighted by Gasteiger charge is 2.25.